The topological polar surface area (TPSA) is 41.6 Å². The zero-order chi connectivity index (χ0) is 15.1. The third kappa shape index (κ3) is 5.85. The van der Waals surface area contributed by atoms with E-state index in [0.29, 0.717) is 5.92 Å². The van der Waals surface area contributed by atoms with Gasteiger partial charge >= 0.3 is 0 Å². The van der Waals surface area contributed by atoms with Gasteiger partial charge in [-0.15, -0.1) is 12.4 Å². The van der Waals surface area contributed by atoms with Crippen LogP contribution in [0.15, 0.2) is 24.3 Å². The fourth-order valence-electron chi connectivity index (χ4n) is 2.34. The van der Waals surface area contributed by atoms with Crippen LogP contribution in [0.25, 0.3) is 0 Å². The molecule has 1 saturated heterocycles. The van der Waals surface area contributed by atoms with Crippen LogP contribution in [0, 0.1) is 5.92 Å². The summed E-state index contributed by atoms with van der Waals surface area (Å²) >= 11 is 0. The van der Waals surface area contributed by atoms with Gasteiger partial charge in [-0.25, -0.2) is 0 Å². The van der Waals surface area contributed by atoms with Gasteiger partial charge in [-0.2, -0.15) is 0 Å². The number of hydrogen-bond acceptors (Lipinski definition) is 3. The second-order valence-corrected chi connectivity index (χ2v) is 5.95. The average molecular weight is 327 g/mol. The summed E-state index contributed by atoms with van der Waals surface area (Å²) in [6.45, 7) is 8.57. The molecule has 0 saturated carbocycles. The number of nitrogens with one attached hydrogen (secondary N) is 1. The first kappa shape index (κ1) is 18.8. The maximum Gasteiger partial charge on any atom is 0.253 e. The van der Waals surface area contributed by atoms with Gasteiger partial charge in [-0.3, -0.25) is 4.79 Å². The summed E-state index contributed by atoms with van der Waals surface area (Å²) in [6.07, 6.45) is 2.06. The molecule has 1 fully saturated rings. The number of halogens is 1. The van der Waals surface area contributed by atoms with E-state index in [4.69, 9.17) is 4.74 Å². The van der Waals surface area contributed by atoms with Gasteiger partial charge < -0.3 is 15.0 Å². The van der Waals surface area contributed by atoms with E-state index in [-0.39, 0.29) is 18.3 Å². The lowest BCUT2D eigenvalue weighted by Crippen LogP contribution is -2.34. The van der Waals surface area contributed by atoms with Crippen molar-refractivity contribution in [3.63, 3.8) is 0 Å². The summed E-state index contributed by atoms with van der Waals surface area (Å²) in [4.78, 5) is 14.3. The quantitative estimate of drug-likeness (QED) is 0.904. The summed E-state index contributed by atoms with van der Waals surface area (Å²) in [5.41, 5.74) is 0.744. The third-order valence-corrected chi connectivity index (χ3v) is 3.69. The van der Waals surface area contributed by atoms with Crippen LogP contribution < -0.4 is 10.1 Å². The summed E-state index contributed by atoms with van der Waals surface area (Å²) < 4.78 is 5.68. The van der Waals surface area contributed by atoms with Crippen molar-refractivity contribution in [3.05, 3.63) is 29.8 Å². The normalized spacial score (nSPS) is 15.1. The molecule has 0 spiro atoms. The minimum atomic E-state index is 0. The molecule has 22 heavy (non-hydrogen) atoms. The monoisotopic (exact) mass is 326 g/mol. The Balaban J connectivity index is 0.00000242. The molecule has 4 nitrogen and oxygen atoms in total. The van der Waals surface area contributed by atoms with Gasteiger partial charge in [-0.1, -0.05) is 13.8 Å². The molecule has 1 aromatic rings. The fraction of sp³-hybridized carbons (Fsp3) is 0.588. The van der Waals surface area contributed by atoms with E-state index in [2.05, 4.69) is 19.2 Å². The Kier molecular flexibility index (Phi) is 8.28. The first-order chi connectivity index (χ1) is 10.2. The van der Waals surface area contributed by atoms with Crippen LogP contribution >= 0.6 is 12.4 Å². The number of carbonyl (C=O) groups excluding carboxylic acids is 1. The zero-order valence-electron chi connectivity index (χ0n) is 13.5. The van der Waals surface area contributed by atoms with E-state index in [0.717, 1.165) is 56.9 Å². The molecule has 0 aliphatic carbocycles. The largest absolute Gasteiger partial charge is 0.494 e. The van der Waals surface area contributed by atoms with Gasteiger partial charge in [0.1, 0.15) is 5.75 Å². The van der Waals surface area contributed by atoms with Gasteiger partial charge in [0.2, 0.25) is 0 Å². The smallest absolute Gasteiger partial charge is 0.253 e. The van der Waals surface area contributed by atoms with Crippen molar-refractivity contribution < 1.29 is 9.53 Å². The van der Waals surface area contributed by atoms with Gasteiger partial charge in [0.05, 0.1) is 6.61 Å². The average Bonchev–Trinajstić information content (AvgIpc) is 2.76. The minimum Gasteiger partial charge on any atom is -0.494 e. The van der Waals surface area contributed by atoms with Crippen LogP contribution in [-0.2, 0) is 0 Å². The van der Waals surface area contributed by atoms with Crippen LogP contribution in [0.4, 0.5) is 0 Å². The molecule has 1 aliphatic heterocycles. The van der Waals surface area contributed by atoms with Crippen molar-refractivity contribution in [3.8, 4) is 5.75 Å². The Morgan fingerprint density at radius 3 is 2.64 bits per heavy atom. The molecular formula is C17H27ClN2O2. The van der Waals surface area contributed by atoms with Gasteiger partial charge in [-0.05, 0) is 49.6 Å². The molecule has 1 N–H and O–H groups in total. The van der Waals surface area contributed by atoms with E-state index in [9.17, 15) is 4.79 Å². The third-order valence-electron chi connectivity index (χ3n) is 3.69. The highest BCUT2D eigenvalue weighted by atomic mass is 35.5. The van der Waals surface area contributed by atoms with E-state index < -0.39 is 0 Å². The van der Waals surface area contributed by atoms with Gasteiger partial charge in [0.25, 0.3) is 5.91 Å². The van der Waals surface area contributed by atoms with E-state index in [1.54, 1.807) is 0 Å². The summed E-state index contributed by atoms with van der Waals surface area (Å²) in [5.74, 6) is 1.60. The number of benzene rings is 1. The van der Waals surface area contributed by atoms with E-state index in [1.807, 2.05) is 29.2 Å². The molecule has 5 heteroatoms. The molecule has 2 rings (SSSR count). The highest BCUT2D eigenvalue weighted by Gasteiger charge is 2.16. The second-order valence-electron chi connectivity index (χ2n) is 5.95. The molecule has 0 atom stereocenters. The Hall–Kier alpha value is -1.26. The van der Waals surface area contributed by atoms with Crippen LogP contribution in [0.3, 0.4) is 0 Å². The Morgan fingerprint density at radius 1 is 1.23 bits per heavy atom. The molecule has 0 unspecified atom stereocenters. The highest BCUT2D eigenvalue weighted by molar-refractivity contribution is 5.94. The molecule has 1 aliphatic rings. The maximum absolute atomic E-state index is 12.4. The Bertz CT molecular complexity index is 440. The predicted molar refractivity (Wildman–Crippen MR) is 92.0 cm³/mol. The van der Waals surface area contributed by atoms with Gasteiger partial charge in [0, 0.05) is 25.2 Å². The van der Waals surface area contributed by atoms with Gasteiger partial charge in [0.15, 0.2) is 0 Å². The fourth-order valence-corrected chi connectivity index (χ4v) is 2.34. The van der Waals surface area contributed by atoms with Crippen molar-refractivity contribution in [1.82, 2.24) is 10.2 Å². The molecule has 1 aromatic carbocycles. The highest BCUT2D eigenvalue weighted by Crippen LogP contribution is 2.15. The molecule has 1 heterocycles. The molecule has 1 amide bonds. The number of amides is 1. The number of hydrogen-bond donors (Lipinski definition) is 1. The Morgan fingerprint density at radius 2 is 1.95 bits per heavy atom. The lowest BCUT2D eigenvalue weighted by Gasteiger charge is -2.20. The zero-order valence-corrected chi connectivity index (χ0v) is 14.3. The number of carbonyl (C=O) groups is 1. The lowest BCUT2D eigenvalue weighted by molar-refractivity contribution is 0.0766. The van der Waals surface area contributed by atoms with Crippen LogP contribution in [0.2, 0.25) is 0 Å². The van der Waals surface area contributed by atoms with E-state index in [1.165, 1.54) is 0 Å². The number of rotatable bonds is 5. The van der Waals surface area contributed by atoms with Crippen molar-refractivity contribution in [2.45, 2.75) is 26.7 Å². The van der Waals surface area contributed by atoms with Crippen LogP contribution in [0.5, 0.6) is 5.75 Å². The second kappa shape index (κ2) is 9.70. The molecule has 0 radical (unpaired) electrons. The Labute approximate surface area is 139 Å². The van der Waals surface area contributed by atoms with Crippen LogP contribution in [-0.4, -0.2) is 43.6 Å². The molecular weight excluding hydrogens is 300 g/mol. The first-order valence-corrected chi connectivity index (χ1v) is 7.89. The number of nitrogens with zero attached hydrogens (tertiary/aromatic N) is 1. The summed E-state index contributed by atoms with van der Waals surface area (Å²) in [5, 5.41) is 3.31. The maximum atomic E-state index is 12.4. The van der Waals surface area contributed by atoms with Crippen molar-refractivity contribution in [2.75, 3.05) is 32.8 Å². The van der Waals surface area contributed by atoms with Crippen molar-refractivity contribution in [2.24, 2.45) is 5.92 Å². The molecule has 0 bridgehead atoms. The lowest BCUT2D eigenvalue weighted by atomic mass is 10.1. The summed E-state index contributed by atoms with van der Waals surface area (Å²) in [6, 6.07) is 7.52. The first-order valence-electron chi connectivity index (χ1n) is 7.89. The van der Waals surface area contributed by atoms with Crippen molar-refractivity contribution in [1.29, 1.82) is 0 Å². The summed E-state index contributed by atoms with van der Waals surface area (Å²) in [7, 11) is 0. The molecule has 124 valence electrons. The standard InChI is InChI=1S/C17H26N2O2.ClH/c1-14(2)8-13-21-16-6-4-15(5-7-16)17(20)19-11-3-9-18-10-12-19;/h4-7,14,18H,3,8-13H2,1-2H3;1H. The SMILES string of the molecule is CC(C)CCOc1ccc(C(=O)N2CCCNCC2)cc1.Cl. The van der Waals surface area contributed by atoms with Crippen molar-refractivity contribution >= 4 is 18.3 Å². The minimum absolute atomic E-state index is 0. The predicted octanol–water partition coefficient (Wildman–Crippen LogP) is 2.97. The number of ether oxygens (including phenoxy) is 1. The molecule has 0 aromatic heterocycles. The van der Waals surface area contributed by atoms with Crippen LogP contribution in [0.1, 0.15) is 37.0 Å². The van der Waals surface area contributed by atoms with E-state index >= 15 is 0 Å².